The zero-order valence-corrected chi connectivity index (χ0v) is 15.3. The number of methoxy groups -OCH3 is 1. The van der Waals surface area contributed by atoms with Gasteiger partial charge in [0.25, 0.3) is 5.91 Å². The van der Waals surface area contributed by atoms with Gasteiger partial charge in [0.1, 0.15) is 5.82 Å². The molecule has 0 aliphatic carbocycles. The SMILES string of the molecule is COC(=O)c1cc(N2CCOCC2)ccc1NC(=O)c1ccc(F)c(C)c1. The number of hydrogen-bond donors (Lipinski definition) is 1. The Hall–Kier alpha value is -2.93. The van der Waals surface area contributed by atoms with Crippen LogP contribution in [0.3, 0.4) is 0 Å². The standard InChI is InChI=1S/C20H21FN2O4/c1-13-11-14(3-5-17(13)21)19(24)22-18-6-4-15(12-16(18)20(25)26-2)23-7-9-27-10-8-23/h3-6,11-12H,7-10H2,1-2H3,(H,22,24). The van der Waals surface area contributed by atoms with Crippen molar-refractivity contribution < 1.29 is 23.5 Å². The number of morpholine rings is 1. The van der Waals surface area contributed by atoms with Gasteiger partial charge in [-0.05, 0) is 48.9 Å². The number of carbonyl (C=O) groups excluding carboxylic acids is 2. The molecular formula is C20H21FN2O4. The number of carbonyl (C=O) groups is 2. The Morgan fingerprint density at radius 1 is 1.15 bits per heavy atom. The summed E-state index contributed by atoms with van der Waals surface area (Å²) in [6.07, 6.45) is 0. The van der Waals surface area contributed by atoms with E-state index in [0.29, 0.717) is 30.0 Å². The molecule has 27 heavy (non-hydrogen) atoms. The Labute approximate surface area is 156 Å². The topological polar surface area (TPSA) is 67.9 Å². The smallest absolute Gasteiger partial charge is 0.340 e. The van der Waals surface area contributed by atoms with Crippen LogP contribution in [-0.4, -0.2) is 45.3 Å². The van der Waals surface area contributed by atoms with Crippen LogP contribution in [0.4, 0.5) is 15.8 Å². The molecular weight excluding hydrogens is 351 g/mol. The number of esters is 1. The van der Waals surface area contributed by atoms with Crippen LogP contribution in [0.15, 0.2) is 36.4 Å². The zero-order valence-electron chi connectivity index (χ0n) is 15.3. The van der Waals surface area contributed by atoms with Gasteiger partial charge in [-0.1, -0.05) is 0 Å². The monoisotopic (exact) mass is 372 g/mol. The molecule has 1 aliphatic rings. The van der Waals surface area contributed by atoms with Crippen molar-refractivity contribution >= 4 is 23.3 Å². The molecule has 0 saturated carbocycles. The lowest BCUT2D eigenvalue weighted by Gasteiger charge is -2.29. The van der Waals surface area contributed by atoms with E-state index in [1.165, 1.54) is 25.3 Å². The Bertz CT molecular complexity index is 863. The molecule has 2 aromatic rings. The van der Waals surface area contributed by atoms with E-state index in [4.69, 9.17) is 9.47 Å². The lowest BCUT2D eigenvalue weighted by atomic mass is 10.1. The molecule has 0 unspecified atom stereocenters. The van der Waals surface area contributed by atoms with Gasteiger partial charge in [-0.25, -0.2) is 9.18 Å². The van der Waals surface area contributed by atoms with Crippen LogP contribution in [0.1, 0.15) is 26.3 Å². The number of benzene rings is 2. The minimum absolute atomic E-state index is 0.258. The molecule has 7 heteroatoms. The second-order valence-electron chi connectivity index (χ2n) is 6.24. The number of nitrogens with one attached hydrogen (secondary N) is 1. The molecule has 3 rings (SSSR count). The zero-order chi connectivity index (χ0) is 19.4. The first kappa shape index (κ1) is 18.8. The third-order valence-electron chi connectivity index (χ3n) is 4.45. The molecule has 1 N–H and O–H groups in total. The second-order valence-corrected chi connectivity index (χ2v) is 6.24. The van der Waals surface area contributed by atoms with E-state index in [0.717, 1.165) is 18.8 Å². The van der Waals surface area contributed by atoms with Crippen molar-refractivity contribution in [2.45, 2.75) is 6.92 Å². The molecule has 1 aliphatic heterocycles. The third-order valence-corrected chi connectivity index (χ3v) is 4.45. The largest absolute Gasteiger partial charge is 0.465 e. The normalized spacial score (nSPS) is 14.0. The summed E-state index contributed by atoms with van der Waals surface area (Å²) in [4.78, 5) is 26.8. The Morgan fingerprint density at radius 3 is 2.56 bits per heavy atom. The van der Waals surface area contributed by atoms with Crippen molar-refractivity contribution in [2.75, 3.05) is 43.6 Å². The molecule has 0 aromatic heterocycles. The highest BCUT2D eigenvalue weighted by atomic mass is 19.1. The van der Waals surface area contributed by atoms with Crippen LogP contribution in [0.5, 0.6) is 0 Å². The number of amides is 1. The van der Waals surface area contributed by atoms with Crippen LogP contribution in [0.25, 0.3) is 0 Å². The lowest BCUT2D eigenvalue weighted by molar-refractivity contribution is 0.0602. The van der Waals surface area contributed by atoms with Crippen LogP contribution in [0.2, 0.25) is 0 Å². The first-order chi connectivity index (χ1) is 13.0. The molecule has 142 valence electrons. The summed E-state index contributed by atoms with van der Waals surface area (Å²) in [5.41, 5.74) is 2.13. The summed E-state index contributed by atoms with van der Waals surface area (Å²) < 4.78 is 23.6. The molecule has 1 fully saturated rings. The average molecular weight is 372 g/mol. The van der Waals surface area contributed by atoms with Crippen molar-refractivity contribution in [3.63, 3.8) is 0 Å². The quantitative estimate of drug-likeness (QED) is 0.836. The molecule has 0 radical (unpaired) electrons. The van der Waals surface area contributed by atoms with E-state index in [1.807, 2.05) is 6.07 Å². The predicted octanol–water partition coefficient (Wildman–Crippen LogP) is 3.01. The lowest BCUT2D eigenvalue weighted by Crippen LogP contribution is -2.36. The fourth-order valence-corrected chi connectivity index (χ4v) is 2.92. The number of halogens is 1. The van der Waals surface area contributed by atoms with Gasteiger partial charge in [0, 0.05) is 24.3 Å². The third kappa shape index (κ3) is 4.25. The van der Waals surface area contributed by atoms with Gasteiger partial charge in [-0.15, -0.1) is 0 Å². The van der Waals surface area contributed by atoms with Crippen molar-refractivity contribution in [1.82, 2.24) is 0 Å². The molecule has 0 bridgehead atoms. The van der Waals surface area contributed by atoms with Gasteiger partial charge < -0.3 is 19.7 Å². The Kier molecular flexibility index (Phi) is 5.71. The summed E-state index contributed by atoms with van der Waals surface area (Å²) in [5.74, 6) is -1.35. The highest BCUT2D eigenvalue weighted by molar-refractivity contribution is 6.08. The molecule has 1 saturated heterocycles. The predicted molar refractivity (Wildman–Crippen MR) is 99.9 cm³/mol. The van der Waals surface area contributed by atoms with Crippen molar-refractivity contribution in [3.8, 4) is 0 Å². The Morgan fingerprint density at radius 2 is 1.89 bits per heavy atom. The number of nitrogens with zero attached hydrogens (tertiary/aromatic N) is 1. The van der Waals surface area contributed by atoms with Gasteiger partial charge >= 0.3 is 5.97 Å². The average Bonchev–Trinajstić information content (AvgIpc) is 2.70. The summed E-state index contributed by atoms with van der Waals surface area (Å²) in [5, 5.41) is 2.71. The van der Waals surface area contributed by atoms with Crippen molar-refractivity contribution in [3.05, 3.63) is 58.9 Å². The second kappa shape index (κ2) is 8.18. The van der Waals surface area contributed by atoms with E-state index in [-0.39, 0.29) is 11.4 Å². The van der Waals surface area contributed by atoms with Crippen LogP contribution in [0, 0.1) is 12.7 Å². The molecule has 0 spiro atoms. The maximum atomic E-state index is 13.4. The van der Waals surface area contributed by atoms with E-state index >= 15 is 0 Å². The van der Waals surface area contributed by atoms with E-state index in [1.54, 1.807) is 19.1 Å². The number of aryl methyl sites for hydroxylation is 1. The van der Waals surface area contributed by atoms with Gasteiger partial charge in [0.05, 0.1) is 31.6 Å². The molecule has 2 aromatic carbocycles. The van der Waals surface area contributed by atoms with Gasteiger partial charge in [-0.3, -0.25) is 4.79 Å². The minimum atomic E-state index is -0.546. The van der Waals surface area contributed by atoms with Crippen molar-refractivity contribution in [2.24, 2.45) is 0 Å². The Balaban J connectivity index is 1.88. The number of rotatable bonds is 4. The first-order valence-electron chi connectivity index (χ1n) is 8.62. The summed E-state index contributed by atoms with van der Waals surface area (Å²) in [6, 6.07) is 9.31. The maximum absolute atomic E-state index is 13.4. The van der Waals surface area contributed by atoms with Gasteiger partial charge in [-0.2, -0.15) is 0 Å². The van der Waals surface area contributed by atoms with Crippen LogP contribution >= 0.6 is 0 Å². The number of hydrogen-bond acceptors (Lipinski definition) is 5. The minimum Gasteiger partial charge on any atom is -0.465 e. The fourth-order valence-electron chi connectivity index (χ4n) is 2.92. The molecule has 1 heterocycles. The number of anilines is 2. The summed E-state index contributed by atoms with van der Waals surface area (Å²) >= 11 is 0. The van der Waals surface area contributed by atoms with Gasteiger partial charge in [0.15, 0.2) is 0 Å². The molecule has 6 nitrogen and oxygen atoms in total. The van der Waals surface area contributed by atoms with Crippen molar-refractivity contribution in [1.29, 1.82) is 0 Å². The van der Waals surface area contributed by atoms with E-state index in [2.05, 4.69) is 10.2 Å². The van der Waals surface area contributed by atoms with Crippen LogP contribution in [-0.2, 0) is 9.47 Å². The fraction of sp³-hybridized carbons (Fsp3) is 0.300. The molecule has 0 atom stereocenters. The van der Waals surface area contributed by atoms with Crippen LogP contribution < -0.4 is 10.2 Å². The number of ether oxygens (including phenoxy) is 2. The first-order valence-corrected chi connectivity index (χ1v) is 8.62. The molecule has 1 amide bonds. The maximum Gasteiger partial charge on any atom is 0.340 e. The summed E-state index contributed by atoms with van der Waals surface area (Å²) in [7, 11) is 1.29. The van der Waals surface area contributed by atoms with E-state index < -0.39 is 11.9 Å². The van der Waals surface area contributed by atoms with Gasteiger partial charge in [0.2, 0.25) is 0 Å². The van der Waals surface area contributed by atoms with E-state index in [9.17, 15) is 14.0 Å². The summed E-state index contributed by atoms with van der Waals surface area (Å²) in [6.45, 7) is 4.28. The highest BCUT2D eigenvalue weighted by Crippen LogP contribution is 2.25. The highest BCUT2D eigenvalue weighted by Gasteiger charge is 2.19.